The van der Waals surface area contributed by atoms with E-state index in [1.807, 2.05) is 18.2 Å². The van der Waals surface area contributed by atoms with Crippen molar-refractivity contribution in [1.29, 1.82) is 0 Å². The first kappa shape index (κ1) is 22.6. The second kappa shape index (κ2) is 9.53. The van der Waals surface area contributed by atoms with Crippen LogP contribution in [0.25, 0.3) is 11.4 Å². The lowest BCUT2D eigenvalue weighted by atomic mass is 10.1. The van der Waals surface area contributed by atoms with Gasteiger partial charge < -0.3 is 20.4 Å². The van der Waals surface area contributed by atoms with Gasteiger partial charge in [-0.15, -0.1) is 0 Å². The number of aromatic amines is 1. The molecule has 11 nitrogen and oxygen atoms in total. The number of carbonyl (C=O) groups is 1. The van der Waals surface area contributed by atoms with Crippen LogP contribution in [0.3, 0.4) is 0 Å². The minimum atomic E-state index is -0.265. The van der Waals surface area contributed by atoms with E-state index < -0.39 is 0 Å². The SMILES string of the molecule is CCC(=O)c1cnc(Nc2c[nH]c(=O)c(C)n2)cc1Nc1cccc(-c2ncn(C)n2)c1OC. The zero-order valence-corrected chi connectivity index (χ0v) is 19.2. The minimum Gasteiger partial charge on any atom is -0.494 e. The number of aryl methyl sites for hydroxylation is 2. The Bertz CT molecular complexity index is 1410. The summed E-state index contributed by atoms with van der Waals surface area (Å²) in [5.41, 5.74) is 2.37. The summed E-state index contributed by atoms with van der Waals surface area (Å²) >= 11 is 0. The van der Waals surface area contributed by atoms with Crippen LogP contribution in [0.15, 0.2) is 47.8 Å². The molecule has 4 rings (SSSR count). The molecule has 0 bridgehead atoms. The van der Waals surface area contributed by atoms with Crippen LogP contribution >= 0.6 is 0 Å². The maximum Gasteiger partial charge on any atom is 0.269 e. The van der Waals surface area contributed by atoms with E-state index in [-0.39, 0.29) is 11.3 Å². The molecule has 0 aliphatic rings. The van der Waals surface area contributed by atoms with Crippen molar-refractivity contribution in [3.8, 4) is 17.1 Å². The fourth-order valence-electron chi connectivity index (χ4n) is 3.38. The smallest absolute Gasteiger partial charge is 0.269 e. The molecular formula is C23H24N8O3. The maximum absolute atomic E-state index is 12.6. The number of hydrogen-bond acceptors (Lipinski definition) is 9. The third-order valence-corrected chi connectivity index (χ3v) is 5.07. The Morgan fingerprint density at radius 2 is 2.00 bits per heavy atom. The highest BCUT2D eigenvalue weighted by Gasteiger charge is 2.18. The number of aromatic nitrogens is 6. The molecule has 11 heteroatoms. The second-order valence-electron chi connectivity index (χ2n) is 7.47. The topological polar surface area (TPSA) is 140 Å². The number of nitrogens with one attached hydrogen (secondary N) is 3. The standard InChI is InChI=1S/C23H24N8O3/c1-5-18(32)15-10-24-19(29-20-11-25-23(33)13(2)27-20)9-17(15)28-16-8-6-7-14(21(16)34-4)22-26-12-31(3)30-22/h6-12H,5H2,1-4H3,(H,25,33)(H2,24,27,28,29). The Hall–Kier alpha value is -4.54. The lowest BCUT2D eigenvalue weighted by Crippen LogP contribution is -2.12. The Morgan fingerprint density at radius 1 is 1.18 bits per heavy atom. The van der Waals surface area contributed by atoms with Gasteiger partial charge in [0.15, 0.2) is 17.4 Å². The Balaban J connectivity index is 1.74. The van der Waals surface area contributed by atoms with E-state index >= 15 is 0 Å². The van der Waals surface area contributed by atoms with Crippen LogP contribution < -0.4 is 20.9 Å². The highest BCUT2D eigenvalue weighted by atomic mass is 16.5. The van der Waals surface area contributed by atoms with E-state index in [9.17, 15) is 9.59 Å². The summed E-state index contributed by atoms with van der Waals surface area (Å²) in [5.74, 6) is 1.85. The third kappa shape index (κ3) is 4.63. The first-order valence-corrected chi connectivity index (χ1v) is 10.6. The molecule has 174 valence electrons. The van der Waals surface area contributed by atoms with E-state index in [0.29, 0.717) is 57.8 Å². The molecule has 0 atom stereocenters. The quantitative estimate of drug-likeness (QED) is 0.338. The van der Waals surface area contributed by atoms with Crippen molar-refractivity contribution < 1.29 is 9.53 Å². The molecule has 3 N–H and O–H groups in total. The second-order valence-corrected chi connectivity index (χ2v) is 7.47. The molecule has 0 saturated carbocycles. The number of Topliss-reactive ketones (excluding diaryl/α,β-unsaturated/α-hetero) is 1. The van der Waals surface area contributed by atoms with Gasteiger partial charge in [0.1, 0.15) is 23.7 Å². The Kier molecular flexibility index (Phi) is 6.35. The van der Waals surface area contributed by atoms with Gasteiger partial charge in [0.05, 0.1) is 29.6 Å². The average Bonchev–Trinajstić information content (AvgIpc) is 3.27. The summed E-state index contributed by atoms with van der Waals surface area (Å²) in [5, 5.41) is 10.7. The van der Waals surface area contributed by atoms with E-state index in [1.165, 1.54) is 12.4 Å². The summed E-state index contributed by atoms with van der Waals surface area (Å²) in [6, 6.07) is 7.26. The van der Waals surface area contributed by atoms with Crippen molar-refractivity contribution in [1.82, 2.24) is 29.7 Å². The van der Waals surface area contributed by atoms with Crippen molar-refractivity contribution in [2.75, 3.05) is 17.7 Å². The molecule has 4 aromatic rings. The average molecular weight is 460 g/mol. The van der Waals surface area contributed by atoms with Crippen LogP contribution in [-0.2, 0) is 7.05 Å². The molecule has 0 radical (unpaired) electrons. The fraction of sp³-hybridized carbons (Fsp3) is 0.217. The molecule has 0 unspecified atom stereocenters. The number of rotatable bonds is 8. The highest BCUT2D eigenvalue weighted by molar-refractivity contribution is 6.02. The predicted molar refractivity (Wildman–Crippen MR) is 128 cm³/mol. The molecular weight excluding hydrogens is 436 g/mol. The molecule has 3 aromatic heterocycles. The lowest BCUT2D eigenvalue weighted by Gasteiger charge is -2.17. The lowest BCUT2D eigenvalue weighted by molar-refractivity contribution is 0.0988. The number of pyridine rings is 1. The molecule has 0 amide bonds. The van der Waals surface area contributed by atoms with Crippen LogP contribution in [0.1, 0.15) is 29.4 Å². The molecule has 0 aliphatic heterocycles. The number of para-hydroxylation sites is 1. The summed E-state index contributed by atoms with van der Waals surface area (Å²) < 4.78 is 7.29. The van der Waals surface area contributed by atoms with Crippen molar-refractivity contribution in [3.05, 3.63) is 64.6 Å². The Morgan fingerprint density at radius 3 is 2.68 bits per heavy atom. The number of ether oxygens (including phenoxy) is 1. The van der Waals surface area contributed by atoms with E-state index in [0.717, 1.165) is 0 Å². The van der Waals surface area contributed by atoms with Crippen LogP contribution in [0.5, 0.6) is 5.75 Å². The summed E-state index contributed by atoms with van der Waals surface area (Å²) in [6.07, 6.45) is 4.90. The molecule has 0 saturated heterocycles. The number of methoxy groups -OCH3 is 1. The van der Waals surface area contributed by atoms with Crippen molar-refractivity contribution >= 4 is 28.8 Å². The van der Waals surface area contributed by atoms with Gasteiger partial charge in [-0.3, -0.25) is 14.3 Å². The summed E-state index contributed by atoms with van der Waals surface area (Å²) in [6.45, 7) is 3.41. The van der Waals surface area contributed by atoms with Gasteiger partial charge in [-0.05, 0) is 19.1 Å². The third-order valence-electron chi connectivity index (χ3n) is 5.07. The molecule has 0 fully saturated rings. The molecule has 3 heterocycles. The number of hydrogen-bond donors (Lipinski definition) is 3. The van der Waals surface area contributed by atoms with Gasteiger partial charge in [0.2, 0.25) is 0 Å². The molecule has 0 spiro atoms. The van der Waals surface area contributed by atoms with Crippen LogP contribution in [0, 0.1) is 6.92 Å². The van der Waals surface area contributed by atoms with Crippen LogP contribution in [-0.4, -0.2) is 42.6 Å². The molecule has 1 aromatic carbocycles. The van der Waals surface area contributed by atoms with Gasteiger partial charge >= 0.3 is 0 Å². The first-order valence-electron chi connectivity index (χ1n) is 10.6. The largest absolute Gasteiger partial charge is 0.494 e. The summed E-state index contributed by atoms with van der Waals surface area (Å²) in [7, 11) is 3.35. The molecule has 0 aliphatic carbocycles. The van der Waals surface area contributed by atoms with Gasteiger partial charge in [0, 0.05) is 31.9 Å². The van der Waals surface area contributed by atoms with Gasteiger partial charge in [-0.25, -0.2) is 15.0 Å². The van der Waals surface area contributed by atoms with Crippen LogP contribution in [0.4, 0.5) is 23.0 Å². The van der Waals surface area contributed by atoms with Gasteiger partial charge in [-0.1, -0.05) is 13.0 Å². The predicted octanol–water partition coefficient (Wildman–Crippen LogP) is 3.36. The first-order chi connectivity index (χ1) is 16.4. The number of benzene rings is 1. The van der Waals surface area contributed by atoms with Crippen LogP contribution in [0.2, 0.25) is 0 Å². The van der Waals surface area contributed by atoms with Gasteiger partial charge in [0.25, 0.3) is 5.56 Å². The highest BCUT2D eigenvalue weighted by Crippen LogP contribution is 2.37. The zero-order valence-electron chi connectivity index (χ0n) is 19.2. The molecule has 34 heavy (non-hydrogen) atoms. The minimum absolute atomic E-state index is 0.0684. The number of carbonyl (C=O) groups excluding carboxylic acids is 1. The van der Waals surface area contributed by atoms with Crippen molar-refractivity contribution in [3.63, 3.8) is 0 Å². The van der Waals surface area contributed by atoms with E-state index in [4.69, 9.17) is 4.74 Å². The van der Waals surface area contributed by atoms with E-state index in [1.54, 1.807) is 45.1 Å². The van der Waals surface area contributed by atoms with Crippen molar-refractivity contribution in [2.45, 2.75) is 20.3 Å². The Labute approximate surface area is 195 Å². The van der Waals surface area contributed by atoms with E-state index in [2.05, 4.69) is 35.7 Å². The normalized spacial score (nSPS) is 10.7. The number of ketones is 1. The number of anilines is 4. The summed E-state index contributed by atoms with van der Waals surface area (Å²) in [4.78, 5) is 39.7. The number of H-pyrrole nitrogens is 1. The monoisotopic (exact) mass is 460 g/mol. The fourth-order valence-corrected chi connectivity index (χ4v) is 3.38. The van der Waals surface area contributed by atoms with Crippen molar-refractivity contribution in [2.24, 2.45) is 7.05 Å². The van der Waals surface area contributed by atoms with Gasteiger partial charge in [-0.2, -0.15) is 5.10 Å². The zero-order chi connectivity index (χ0) is 24.2. The number of nitrogens with zero attached hydrogens (tertiary/aromatic N) is 5. The maximum atomic E-state index is 12.6.